The number of amides is 3. The average molecular weight is 418 g/mol. The first-order valence-electron chi connectivity index (χ1n) is 9.49. The Balaban J connectivity index is 1.62. The highest BCUT2D eigenvalue weighted by atomic mass is 16.4. The van der Waals surface area contributed by atoms with E-state index in [-0.39, 0.29) is 6.03 Å². The van der Waals surface area contributed by atoms with E-state index < -0.39 is 17.4 Å². The fourth-order valence-electron chi connectivity index (χ4n) is 2.70. The van der Waals surface area contributed by atoms with Gasteiger partial charge in [0.1, 0.15) is 5.54 Å². The maximum absolute atomic E-state index is 12.3. The third kappa shape index (κ3) is 5.66. The molecule has 3 rings (SSSR count). The Morgan fingerprint density at radius 1 is 0.839 bits per heavy atom. The predicted molar refractivity (Wildman–Crippen MR) is 118 cm³/mol. The van der Waals surface area contributed by atoms with Crippen LogP contribution in [0.5, 0.6) is 0 Å². The quantitative estimate of drug-likeness (QED) is 0.482. The number of hydrogen-bond acceptors (Lipinski definition) is 4. The summed E-state index contributed by atoms with van der Waals surface area (Å²) in [5, 5.41) is 17.1. The maximum atomic E-state index is 12.3. The van der Waals surface area contributed by atoms with Gasteiger partial charge in [-0.15, -0.1) is 0 Å². The molecule has 0 aliphatic heterocycles. The largest absolute Gasteiger partial charge is 0.480 e. The fourth-order valence-corrected chi connectivity index (χ4v) is 2.70. The lowest BCUT2D eigenvalue weighted by atomic mass is 10.0. The average Bonchev–Trinajstić information content (AvgIpc) is 2.74. The molecule has 0 bridgehead atoms. The summed E-state index contributed by atoms with van der Waals surface area (Å²) in [6, 6.07) is 17.2. The second-order valence-corrected chi connectivity index (χ2v) is 7.36. The molecule has 3 amide bonds. The Kier molecular flexibility index (Phi) is 6.30. The van der Waals surface area contributed by atoms with Crippen LogP contribution in [0.25, 0.3) is 11.1 Å². The number of urea groups is 1. The molecule has 4 N–H and O–H groups in total. The van der Waals surface area contributed by atoms with Gasteiger partial charge in [-0.2, -0.15) is 0 Å². The van der Waals surface area contributed by atoms with Crippen molar-refractivity contribution in [2.24, 2.45) is 0 Å². The van der Waals surface area contributed by atoms with E-state index in [1.807, 2.05) is 12.1 Å². The number of aliphatic carboxylic acids is 1. The number of nitrogens with zero attached hydrogens (tertiary/aromatic N) is 1. The highest BCUT2D eigenvalue weighted by Crippen LogP contribution is 2.22. The summed E-state index contributed by atoms with van der Waals surface area (Å²) in [5.74, 6) is -1.57. The first-order chi connectivity index (χ1) is 14.7. The summed E-state index contributed by atoms with van der Waals surface area (Å²) in [4.78, 5) is 39.4. The molecular formula is C23H22N4O4. The Bertz CT molecular complexity index is 1080. The minimum Gasteiger partial charge on any atom is -0.480 e. The van der Waals surface area contributed by atoms with Crippen LogP contribution in [-0.4, -0.2) is 33.5 Å². The van der Waals surface area contributed by atoms with Crippen LogP contribution < -0.4 is 16.0 Å². The van der Waals surface area contributed by atoms with E-state index in [9.17, 15) is 14.4 Å². The summed E-state index contributed by atoms with van der Waals surface area (Å²) >= 11 is 0. The van der Waals surface area contributed by atoms with E-state index in [4.69, 9.17) is 5.11 Å². The third-order valence-corrected chi connectivity index (χ3v) is 4.50. The first kappa shape index (κ1) is 21.5. The summed E-state index contributed by atoms with van der Waals surface area (Å²) in [7, 11) is 0. The lowest BCUT2D eigenvalue weighted by Gasteiger charge is -2.21. The molecule has 0 spiro atoms. The van der Waals surface area contributed by atoms with Gasteiger partial charge >= 0.3 is 12.0 Å². The predicted octanol–water partition coefficient (Wildman–Crippen LogP) is 3.99. The molecular weight excluding hydrogens is 396 g/mol. The zero-order chi connectivity index (χ0) is 22.4. The molecule has 1 heterocycles. The SMILES string of the molecule is CC(C)(NC(=O)c1ccc(-c2ccc(NC(=O)Nc3cccnc3)cc2)cc1)C(=O)O. The monoisotopic (exact) mass is 418 g/mol. The van der Waals surface area contributed by atoms with E-state index in [1.165, 1.54) is 13.8 Å². The number of carbonyl (C=O) groups excluding carboxylic acids is 2. The van der Waals surface area contributed by atoms with E-state index in [1.54, 1.807) is 60.9 Å². The number of rotatable bonds is 6. The topological polar surface area (TPSA) is 120 Å². The van der Waals surface area contributed by atoms with Crippen LogP contribution in [0.4, 0.5) is 16.2 Å². The minimum absolute atomic E-state index is 0.364. The number of carbonyl (C=O) groups is 3. The zero-order valence-corrected chi connectivity index (χ0v) is 17.0. The standard InChI is InChI=1S/C23H22N4O4/c1-23(2,21(29)30)27-20(28)17-7-5-15(6-8-17)16-9-11-18(12-10-16)25-22(31)26-19-4-3-13-24-14-19/h3-14H,1-2H3,(H,27,28)(H,29,30)(H2,25,26,31). The van der Waals surface area contributed by atoms with Crippen LogP contribution in [0.1, 0.15) is 24.2 Å². The van der Waals surface area contributed by atoms with Gasteiger partial charge in [0.2, 0.25) is 0 Å². The van der Waals surface area contributed by atoms with Crippen molar-refractivity contribution >= 4 is 29.3 Å². The van der Waals surface area contributed by atoms with Crippen LogP contribution >= 0.6 is 0 Å². The van der Waals surface area contributed by atoms with Gasteiger partial charge in [-0.3, -0.25) is 9.78 Å². The minimum atomic E-state index is -1.36. The molecule has 3 aromatic rings. The Morgan fingerprint density at radius 2 is 1.42 bits per heavy atom. The third-order valence-electron chi connectivity index (χ3n) is 4.50. The molecule has 0 saturated heterocycles. The Labute approximate surface area is 179 Å². The summed E-state index contributed by atoms with van der Waals surface area (Å²) in [5.41, 5.74) is 1.99. The maximum Gasteiger partial charge on any atom is 0.328 e. The number of carboxylic acids is 1. The molecule has 8 nitrogen and oxygen atoms in total. The van der Waals surface area contributed by atoms with Crippen molar-refractivity contribution in [3.8, 4) is 11.1 Å². The molecule has 0 aliphatic carbocycles. The molecule has 158 valence electrons. The lowest BCUT2D eigenvalue weighted by molar-refractivity contribution is -0.143. The van der Waals surface area contributed by atoms with E-state index >= 15 is 0 Å². The zero-order valence-electron chi connectivity index (χ0n) is 17.0. The van der Waals surface area contributed by atoms with Gasteiger partial charge in [-0.1, -0.05) is 24.3 Å². The molecule has 0 unspecified atom stereocenters. The molecule has 0 atom stereocenters. The summed E-state index contributed by atoms with van der Waals surface area (Å²) in [6.45, 7) is 2.85. The van der Waals surface area contributed by atoms with Crippen molar-refractivity contribution in [1.29, 1.82) is 0 Å². The van der Waals surface area contributed by atoms with Crippen LogP contribution in [0.3, 0.4) is 0 Å². The highest BCUT2D eigenvalue weighted by Gasteiger charge is 2.29. The smallest absolute Gasteiger partial charge is 0.328 e. The van der Waals surface area contributed by atoms with Gasteiger partial charge in [-0.05, 0) is 61.4 Å². The number of pyridine rings is 1. The highest BCUT2D eigenvalue weighted by molar-refractivity contribution is 6.00. The molecule has 2 aromatic carbocycles. The normalized spacial score (nSPS) is 10.8. The molecule has 0 fully saturated rings. The van der Waals surface area contributed by atoms with Crippen molar-refractivity contribution < 1.29 is 19.5 Å². The fraction of sp³-hybridized carbons (Fsp3) is 0.130. The summed E-state index contributed by atoms with van der Waals surface area (Å²) in [6.07, 6.45) is 3.17. The molecule has 0 saturated carbocycles. The van der Waals surface area contributed by atoms with Crippen LogP contribution in [0.15, 0.2) is 73.1 Å². The van der Waals surface area contributed by atoms with Gasteiger partial charge in [-0.25, -0.2) is 9.59 Å². The first-order valence-corrected chi connectivity index (χ1v) is 9.49. The van der Waals surface area contributed by atoms with Crippen LogP contribution in [-0.2, 0) is 4.79 Å². The number of hydrogen-bond donors (Lipinski definition) is 4. The lowest BCUT2D eigenvalue weighted by Crippen LogP contribution is -2.49. The Hall–Kier alpha value is -4.20. The van der Waals surface area contributed by atoms with E-state index in [2.05, 4.69) is 20.9 Å². The Morgan fingerprint density at radius 3 is 1.97 bits per heavy atom. The van der Waals surface area contributed by atoms with Crippen LogP contribution in [0.2, 0.25) is 0 Å². The summed E-state index contributed by atoms with van der Waals surface area (Å²) < 4.78 is 0. The van der Waals surface area contributed by atoms with E-state index in [0.29, 0.717) is 16.9 Å². The molecule has 1 aromatic heterocycles. The van der Waals surface area contributed by atoms with Gasteiger partial charge in [0, 0.05) is 17.4 Å². The van der Waals surface area contributed by atoms with Crippen molar-refractivity contribution in [1.82, 2.24) is 10.3 Å². The second-order valence-electron chi connectivity index (χ2n) is 7.36. The van der Waals surface area contributed by atoms with Gasteiger partial charge < -0.3 is 21.1 Å². The number of nitrogens with one attached hydrogen (secondary N) is 3. The number of aromatic nitrogens is 1. The number of benzene rings is 2. The van der Waals surface area contributed by atoms with Gasteiger partial charge in [0.05, 0.1) is 11.9 Å². The van der Waals surface area contributed by atoms with Crippen molar-refractivity contribution in [2.45, 2.75) is 19.4 Å². The second kappa shape index (κ2) is 9.08. The van der Waals surface area contributed by atoms with Crippen molar-refractivity contribution in [3.05, 3.63) is 78.6 Å². The molecule has 8 heteroatoms. The number of anilines is 2. The molecule has 31 heavy (non-hydrogen) atoms. The van der Waals surface area contributed by atoms with Gasteiger partial charge in [0.25, 0.3) is 5.91 Å². The molecule has 0 radical (unpaired) electrons. The number of carboxylic acid groups (broad SMARTS) is 1. The van der Waals surface area contributed by atoms with Gasteiger partial charge in [0.15, 0.2) is 0 Å². The van der Waals surface area contributed by atoms with Crippen molar-refractivity contribution in [3.63, 3.8) is 0 Å². The molecule has 0 aliphatic rings. The van der Waals surface area contributed by atoms with Crippen LogP contribution in [0, 0.1) is 0 Å². The van der Waals surface area contributed by atoms with E-state index in [0.717, 1.165) is 11.1 Å². The van der Waals surface area contributed by atoms with Crippen molar-refractivity contribution in [2.75, 3.05) is 10.6 Å².